The molecule has 0 spiro atoms. The molecule has 0 aliphatic carbocycles. The van der Waals surface area contributed by atoms with Gasteiger partial charge in [0.2, 0.25) is 0 Å². The van der Waals surface area contributed by atoms with Gasteiger partial charge in [0.05, 0.1) is 6.04 Å². The molecule has 0 aliphatic rings. The third-order valence-electron chi connectivity index (χ3n) is 3.88. The molecule has 1 N–H and O–H groups in total. The van der Waals surface area contributed by atoms with Crippen LogP contribution in [0.15, 0.2) is 72.8 Å². The molecule has 0 saturated carbocycles. The van der Waals surface area contributed by atoms with E-state index in [1.807, 2.05) is 36.4 Å². The van der Waals surface area contributed by atoms with E-state index in [1.165, 1.54) is 15.8 Å². The molecule has 1 unspecified atom stereocenters. The van der Waals surface area contributed by atoms with Gasteiger partial charge in [0, 0.05) is 0 Å². The van der Waals surface area contributed by atoms with Crippen LogP contribution in [0.5, 0.6) is 0 Å². The molecule has 2 aromatic heterocycles. The van der Waals surface area contributed by atoms with Gasteiger partial charge in [-0.05, 0) is 40.1 Å². The average Bonchev–Trinajstić information content (AvgIpc) is 3.11. The summed E-state index contributed by atoms with van der Waals surface area (Å²) in [6, 6.07) is 24.6. The summed E-state index contributed by atoms with van der Waals surface area (Å²) in [4.78, 5) is 0. The van der Waals surface area contributed by atoms with Gasteiger partial charge in [-0.1, -0.05) is 60.7 Å². The van der Waals surface area contributed by atoms with E-state index >= 15 is 0 Å². The molecule has 4 rings (SSSR count). The number of tetrazole rings is 1. The lowest BCUT2D eigenvalue weighted by molar-refractivity contribution is 0.716. The molecule has 1 atom stereocenters. The molecule has 0 saturated heterocycles. The summed E-state index contributed by atoms with van der Waals surface area (Å²) in [5.41, 5.74) is 3.10. The fourth-order valence-electron chi connectivity index (χ4n) is 2.69. The maximum atomic E-state index is 4.41. The highest BCUT2D eigenvalue weighted by Crippen LogP contribution is 2.22. The van der Waals surface area contributed by atoms with Crippen LogP contribution < -0.4 is 5.32 Å². The van der Waals surface area contributed by atoms with Gasteiger partial charge >= 0.3 is 0 Å². The van der Waals surface area contributed by atoms with Crippen molar-refractivity contribution >= 4 is 11.5 Å². The van der Waals surface area contributed by atoms with Crippen LogP contribution in [-0.4, -0.2) is 25.3 Å². The summed E-state index contributed by atoms with van der Waals surface area (Å²) in [5.74, 6) is 0.736. The zero-order valence-electron chi connectivity index (χ0n) is 12.9. The van der Waals surface area contributed by atoms with E-state index in [2.05, 4.69) is 62.3 Å². The van der Waals surface area contributed by atoms with Crippen molar-refractivity contribution in [1.82, 2.24) is 25.3 Å². The van der Waals surface area contributed by atoms with Crippen molar-refractivity contribution in [2.75, 3.05) is 5.32 Å². The lowest BCUT2D eigenvalue weighted by Crippen LogP contribution is -2.15. The van der Waals surface area contributed by atoms with Crippen molar-refractivity contribution in [3.8, 4) is 0 Å². The third-order valence-corrected chi connectivity index (χ3v) is 3.88. The quantitative estimate of drug-likeness (QED) is 0.613. The number of nitrogens with zero attached hydrogens (tertiary/aromatic N) is 5. The second kappa shape index (κ2) is 6.45. The van der Waals surface area contributed by atoms with Gasteiger partial charge in [0.1, 0.15) is 5.82 Å². The Bertz CT molecular complexity index is 920. The Morgan fingerprint density at radius 2 is 1.62 bits per heavy atom. The largest absolute Gasteiger partial charge is 0.361 e. The number of anilines is 1. The van der Waals surface area contributed by atoms with E-state index in [-0.39, 0.29) is 6.04 Å². The predicted molar refractivity (Wildman–Crippen MR) is 91.5 cm³/mol. The minimum atomic E-state index is 0.107. The van der Waals surface area contributed by atoms with Crippen LogP contribution in [0.25, 0.3) is 5.65 Å². The number of aromatic nitrogens is 5. The van der Waals surface area contributed by atoms with Crippen molar-refractivity contribution < 1.29 is 0 Å². The van der Waals surface area contributed by atoms with Gasteiger partial charge < -0.3 is 5.32 Å². The Kier molecular flexibility index (Phi) is 3.85. The van der Waals surface area contributed by atoms with Gasteiger partial charge in [-0.3, -0.25) is 0 Å². The van der Waals surface area contributed by atoms with Crippen LogP contribution in [0.1, 0.15) is 17.2 Å². The monoisotopic (exact) mass is 316 g/mol. The van der Waals surface area contributed by atoms with E-state index in [9.17, 15) is 0 Å². The summed E-state index contributed by atoms with van der Waals surface area (Å²) in [5, 5.41) is 19.3. The number of fused-ring (bicyclic) bond motifs is 1. The van der Waals surface area contributed by atoms with E-state index < -0.39 is 0 Å². The van der Waals surface area contributed by atoms with Crippen molar-refractivity contribution in [2.24, 2.45) is 0 Å². The predicted octanol–water partition coefficient (Wildman–Crippen LogP) is 2.92. The minimum Gasteiger partial charge on any atom is -0.361 e. The van der Waals surface area contributed by atoms with Gasteiger partial charge in [-0.25, -0.2) is 0 Å². The molecule has 2 heterocycles. The number of rotatable bonds is 5. The highest BCUT2D eigenvalue weighted by atomic mass is 15.6. The van der Waals surface area contributed by atoms with Gasteiger partial charge in [0.15, 0.2) is 5.65 Å². The number of hydrogen-bond donors (Lipinski definition) is 1. The lowest BCUT2D eigenvalue weighted by atomic mass is 9.99. The summed E-state index contributed by atoms with van der Waals surface area (Å²) in [7, 11) is 0. The van der Waals surface area contributed by atoms with E-state index in [4.69, 9.17) is 0 Å². The number of benzene rings is 2. The summed E-state index contributed by atoms with van der Waals surface area (Å²) in [6.07, 6.45) is 0.861. The zero-order valence-corrected chi connectivity index (χ0v) is 12.9. The highest BCUT2D eigenvalue weighted by molar-refractivity contribution is 5.44. The van der Waals surface area contributed by atoms with Crippen molar-refractivity contribution in [1.29, 1.82) is 0 Å². The molecule has 0 fully saturated rings. The zero-order chi connectivity index (χ0) is 16.2. The normalized spacial score (nSPS) is 12.2. The first kappa shape index (κ1) is 14.3. The number of hydrogen-bond acceptors (Lipinski definition) is 5. The molecule has 0 radical (unpaired) electrons. The molecule has 0 aliphatic heterocycles. The highest BCUT2D eigenvalue weighted by Gasteiger charge is 2.13. The molecule has 6 heteroatoms. The Hall–Kier alpha value is -3.28. The van der Waals surface area contributed by atoms with Crippen LogP contribution in [0.3, 0.4) is 0 Å². The van der Waals surface area contributed by atoms with E-state index in [0.29, 0.717) is 5.65 Å². The first-order valence-corrected chi connectivity index (χ1v) is 7.79. The maximum absolute atomic E-state index is 4.41. The van der Waals surface area contributed by atoms with E-state index in [1.54, 1.807) is 0 Å². The fourth-order valence-corrected chi connectivity index (χ4v) is 2.69. The molecule has 118 valence electrons. The van der Waals surface area contributed by atoms with Gasteiger partial charge in [-0.15, -0.1) is 14.8 Å². The SMILES string of the molecule is c1ccc(CC(Nc2ccc3nnnn3n2)c2ccccc2)cc1. The molecule has 24 heavy (non-hydrogen) atoms. The molecular weight excluding hydrogens is 300 g/mol. The third kappa shape index (κ3) is 3.08. The van der Waals surface area contributed by atoms with E-state index in [0.717, 1.165) is 12.2 Å². The van der Waals surface area contributed by atoms with Crippen LogP contribution in [0.4, 0.5) is 5.82 Å². The molecular formula is C18H16N6. The Labute approximate surface area is 139 Å². The fraction of sp³-hybridized carbons (Fsp3) is 0.111. The second-order valence-electron chi connectivity index (χ2n) is 5.54. The Balaban J connectivity index is 1.64. The number of nitrogens with one attached hydrogen (secondary N) is 1. The Morgan fingerprint density at radius 3 is 2.42 bits per heavy atom. The topological polar surface area (TPSA) is 68.0 Å². The molecule has 2 aromatic carbocycles. The van der Waals surface area contributed by atoms with Crippen molar-refractivity contribution in [3.05, 3.63) is 83.9 Å². The van der Waals surface area contributed by atoms with Crippen LogP contribution in [0.2, 0.25) is 0 Å². The maximum Gasteiger partial charge on any atom is 0.200 e. The second-order valence-corrected chi connectivity index (χ2v) is 5.54. The summed E-state index contributed by atoms with van der Waals surface area (Å²) >= 11 is 0. The van der Waals surface area contributed by atoms with Crippen LogP contribution in [-0.2, 0) is 6.42 Å². The molecule has 6 nitrogen and oxygen atoms in total. The average molecular weight is 316 g/mol. The Morgan fingerprint density at radius 1 is 0.875 bits per heavy atom. The van der Waals surface area contributed by atoms with Gasteiger partial charge in [0.25, 0.3) is 0 Å². The van der Waals surface area contributed by atoms with Crippen molar-refractivity contribution in [3.63, 3.8) is 0 Å². The van der Waals surface area contributed by atoms with Crippen molar-refractivity contribution in [2.45, 2.75) is 12.5 Å². The smallest absolute Gasteiger partial charge is 0.200 e. The molecule has 4 aromatic rings. The lowest BCUT2D eigenvalue weighted by Gasteiger charge is -2.20. The van der Waals surface area contributed by atoms with Crippen LogP contribution >= 0.6 is 0 Å². The van der Waals surface area contributed by atoms with Gasteiger partial charge in [-0.2, -0.15) is 0 Å². The minimum absolute atomic E-state index is 0.107. The first-order chi connectivity index (χ1) is 11.9. The van der Waals surface area contributed by atoms with Crippen LogP contribution in [0, 0.1) is 0 Å². The molecule has 0 bridgehead atoms. The summed E-state index contributed by atoms with van der Waals surface area (Å²) in [6.45, 7) is 0. The molecule has 0 amide bonds. The standard InChI is InChI=1S/C18H16N6/c1-3-7-14(8-4-1)13-16(15-9-5-2-6-10-15)19-17-11-12-18-20-22-23-24(18)21-17/h1-12,16H,13H2,(H,19,21). The summed E-state index contributed by atoms with van der Waals surface area (Å²) < 4.78 is 1.42. The first-order valence-electron chi connectivity index (χ1n) is 7.79.